The molecule has 6 nitrogen and oxygen atoms in total. The number of carbonyl (C=O) groups excluding carboxylic acids is 1. The quantitative estimate of drug-likeness (QED) is 0.365. The summed E-state index contributed by atoms with van der Waals surface area (Å²) in [5.74, 6) is 1.04. The maximum Gasteiger partial charge on any atom is 0.251 e. The molecule has 0 spiro atoms. The zero-order chi connectivity index (χ0) is 22.5. The van der Waals surface area contributed by atoms with Gasteiger partial charge in [0.2, 0.25) is 0 Å². The summed E-state index contributed by atoms with van der Waals surface area (Å²) in [5.41, 5.74) is 8.89. The predicted octanol–water partition coefficient (Wildman–Crippen LogP) is 5.24. The lowest BCUT2D eigenvalue weighted by Crippen LogP contribution is -2.28. The number of benzene rings is 3. The van der Waals surface area contributed by atoms with E-state index in [1.54, 1.807) is 47.1 Å². The number of nitrogens with one attached hydrogen (secondary N) is 1. The van der Waals surface area contributed by atoms with Crippen LogP contribution in [0.1, 0.15) is 10.4 Å². The first-order valence-corrected chi connectivity index (χ1v) is 10.6. The number of aromatic nitrogens is 2. The van der Waals surface area contributed by atoms with E-state index in [-0.39, 0.29) is 5.91 Å². The van der Waals surface area contributed by atoms with Gasteiger partial charge in [0.05, 0.1) is 28.0 Å². The van der Waals surface area contributed by atoms with E-state index in [4.69, 9.17) is 33.7 Å². The van der Waals surface area contributed by atoms with Crippen molar-refractivity contribution in [2.24, 2.45) is 0 Å². The number of rotatable bonds is 7. The van der Waals surface area contributed by atoms with Gasteiger partial charge in [-0.05, 0) is 48.5 Å². The molecule has 0 atom stereocenters. The van der Waals surface area contributed by atoms with Crippen LogP contribution in [0.15, 0.2) is 78.9 Å². The SMILES string of the molecule is Nc1cc(-c2ccc(Cl)c(Cl)c2)nn1-c1ccc(C(=O)NCCOc2ccccc2)cc1. The van der Waals surface area contributed by atoms with Crippen molar-refractivity contribution in [1.82, 2.24) is 15.1 Å². The van der Waals surface area contributed by atoms with E-state index in [1.807, 2.05) is 36.4 Å². The van der Waals surface area contributed by atoms with Crippen molar-refractivity contribution >= 4 is 34.9 Å². The molecule has 4 aromatic rings. The van der Waals surface area contributed by atoms with Gasteiger partial charge in [0, 0.05) is 17.2 Å². The summed E-state index contributed by atoms with van der Waals surface area (Å²) in [6.45, 7) is 0.781. The molecule has 0 saturated heterocycles. The third-order valence-corrected chi connectivity index (χ3v) is 5.46. The van der Waals surface area contributed by atoms with Crippen LogP contribution in [-0.2, 0) is 0 Å². The van der Waals surface area contributed by atoms with E-state index in [2.05, 4.69) is 10.4 Å². The minimum absolute atomic E-state index is 0.182. The minimum atomic E-state index is -0.182. The average Bonchev–Trinajstić information content (AvgIpc) is 3.21. The van der Waals surface area contributed by atoms with Gasteiger partial charge in [0.25, 0.3) is 5.91 Å². The van der Waals surface area contributed by atoms with Crippen LogP contribution >= 0.6 is 23.2 Å². The molecular formula is C24H20Cl2N4O2. The molecule has 0 bridgehead atoms. The van der Waals surface area contributed by atoms with E-state index in [1.165, 1.54) is 0 Å². The molecule has 1 amide bonds. The molecule has 4 rings (SSSR count). The summed E-state index contributed by atoms with van der Waals surface area (Å²) in [6.07, 6.45) is 0. The number of hydrogen-bond donors (Lipinski definition) is 2. The lowest BCUT2D eigenvalue weighted by Gasteiger charge is -2.09. The molecule has 0 aliphatic rings. The molecule has 8 heteroatoms. The maximum absolute atomic E-state index is 12.4. The van der Waals surface area contributed by atoms with E-state index >= 15 is 0 Å². The molecule has 0 aliphatic heterocycles. The summed E-state index contributed by atoms with van der Waals surface area (Å²) in [4.78, 5) is 12.4. The second-order valence-corrected chi connectivity index (χ2v) is 7.77. The number of nitrogens with zero attached hydrogens (tertiary/aromatic N) is 2. The Morgan fingerprint density at radius 3 is 2.44 bits per heavy atom. The molecule has 0 aliphatic carbocycles. The zero-order valence-electron chi connectivity index (χ0n) is 17.0. The van der Waals surface area contributed by atoms with E-state index in [0.717, 1.165) is 17.0 Å². The number of amides is 1. The highest BCUT2D eigenvalue weighted by Gasteiger charge is 2.12. The average molecular weight is 467 g/mol. The summed E-state index contributed by atoms with van der Waals surface area (Å²) < 4.78 is 7.18. The lowest BCUT2D eigenvalue weighted by atomic mass is 10.1. The van der Waals surface area contributed by atoms with E-state index in [0.29, 0.717) is 40.3 Å². The summed E-state index contributed by atoms with van der Waals surface area (Å²) in [7, 11) is 0. The number of anilines is 1. The van der Waals surface area contributed by atoms with Crippen LogP contribution in [0, 0.1) is 0 Å². The number of para-hydroxylation sites is 1. The van der Waals surface area contributed by atoms with Crippen LogP contribution in [-0.4, -0.2) is 28.8 Å². The third kappa shape index (κ3) is 5.04. The largest absolute Gasteiger partial charge is 0.492 e. The molecule has 0 fully saturated rings. The normalized spacial score (nSPS) is 10.7. The highest BCUT2D eigenvalue weighted by molar-refractivity contribution is 6.42. The van der Waals surface area contributed by atoms with Crippen LogP contribution in [0.2, 0.25) is 10.0 Å². The lowest BCUT2D eigenvalue weighted by molar-refractivity contribution is 0.0947. The van der Waals surface area contributed by atoms with Gasteiger partial charge in [-0.15, -0.1) is 0 Å². The number of ether oxygens (including phenoxy) is 1. The number of hydrogen-bond acceptors (Lipinski definition) is 4. The fourth-order valence-corrected chi connectivity index (χ4v) is 3.40. The molecule has 1 aromatic heterocycles. The van der Waals surface area contributed by atoms with Gasteiger partial charge in [0.15, 0.2) is 0 Å². The zero-order valence-corrected chi connectivity index (χ0v) is 18.5. The monoisotopic (exact) mass is 466 g/mol. The fourth-order valence-electron chi connectivity index (χ4n) is 3.11. The molecular weight excluding hydrogens is 447 g/mol. The van der Waals surface area contributed by atoms with Crippen molar-refractivity contribution in [3.63, 3.8) is 0 Å². The predicted molar refractivity (Wildman–Crippen MR) is 128 cm³/mol. The number of halogens is 2. The Balaban J connectivity index is 1.39. The second kappa shape index (κ2) is 9.77. The topological polar surface area (TPSA) is 82.2 Å². The Bertz CT molecular complexity index is 1220. The first-order valence-electron chi connectivity index (χ1n) is 9.89. The van der Waals surface area contributed by atoms with Crippen LogP contribution < -0.4 is 15.8 Å². The van der Waals surface area contributed by atoms with Gasteiger partial charge in [-0.2, -0.15) is 5.10 Å². The summed E-state index contributed by atoms with van der Waals surface area (Å²) in [6, 6.07) is 23.5. The molecule has 3 aromatic carbocycles. The summed E-state index contributed by atoms with van der Waals surface area (Å²) >= 11 is 12.1. The van der Waals surface area contributed by atoms with Gasteiger partial charge >= 0.3 is 0 Å². The molecule has 162 valence electrons. The first-order chi connectivity index (χ1) is 15.5. The van der Waals surface area contributed by atoms with Gasteiger partial charge in [-0.1, -0.05) is 47.5 Å². The van der Waals surface area contributed by atoms with Crippen molar-refractivity contribution in [3.8, 4) is 22.7 Å². The Morgan fingerprint density at radius 2 is 1.72 bits per heavy atom. The van der Waals surface area contributed by atoms with Crippen molar-refractivity contribution in [1.29, 1.82) is 0 Å². The van der Waals surface area contributed by atoms with Crippen LogP contribution in [0.3, 0.4) is 0 Å². The molecule has 0 unspecified atom stereocenters. The second-order valence-electron chi connectivity index (χ2n) is 6.96. The smallest absolute Gasteiger partial charge is 0.251 e. The molecule has 0 radical (unpaired) electrons. The molecule has 32 heavy (non-hydrogen) atoms. The first kappa shape index (κ1) is 21.7. The van der Waals surface area contributed by atoms with Gasteiger partial charge in [-0.25, -0.2) is 4.68 Å². The van der Waals surface area contributed by atoms with Crippen molar-refractivity contribution in [2.45, 2.75) is 0 Å². The molecule has 3 N–H and O–H groups in total. The van der Waals surface area contributed by atoms with E-state index < -0.39 is 0 Å². The molecule has 0 saturated carbocycles. The van der Waals surface area contributed by atoms with Crippen LogP contribution in [0.5, 0.6) is 5.75 Å². The Morgan fingerprint density at radius 1 is 0.969 bits per heavy atom. The third-order valence-electron chi connectivity index (χ3n) is 4.73. The number of nitrogens with two attached hydrogens (primary N) is 1. The Hall–Kier alpha value is -3.48. The highest BCUT2D eigenvalue weighted by atomic mass is 35.5. The van der Waals surface area contributed by atoms with Gasteiger partial charge in [-0.3, -0.25) is 4.79 Å². The number of carbonyl (C=O) groups is 1. The van der Waals surface area contributed by atoms with Crippen molar-refractivity contribution in [3.05, 3.63) is 94.5 Å². The van der Waals surface area contributed by atoms with E-state index in [9.17, 15) is 4.79 Å². The van der Waals surface area contributed by atoms with Crippen LogP contribution in [0.25, 0.3) is 16.9 Å². The number of nitrogen functional groups attached to an aromatic ring is 1. The molecule has 1 heterocycles. The van der Waals surface area contributed by atoms with Crippen LogP contribution in [0.4, 0.5) is 5.82 Å². The summed E-state index contributed by atoms with van der Waals surface area (Å²) in [5, 5.41) is 8.32. The Kier molecular flexibility index (Phi) is 6.63. The fraction of sp³-hybridized carbons (Fsp3) is 0.0833. The maximum atomic E-state index is 12.4. The minimum Gasteiger partial charge on any atom is -0.492 e. The van der Waals surface area contributed by atoms with Crippen molar-refractivity contribution in [2.75, 3.05) is 18.9 Å². The highest BCUT2D eigenvalue weighted by Crippen LogP contribution is 2.29. The van der Waals surface area contributed by atoms with Crippen molar-refractivity contribution < 1.29 is 9.53 Å². The van der Waals surface area contributed by atoms with Gasteiger partial charge in [0.1, 0.15) is 18.2 Å². The Labute approximate surface area is 195 Å². The standard InChI is InChI=1S/C24H20Cl2N4O2/c25-20-11-8-17(14-21(20)26)22-15-23(27)30(29-22)18-9-6-16(7-10-18)24(31)28-12-13-32-19-4-2-1-3-5-19/h1-11,14-15H,12-13,27H2,(H,28,31). The van der Waals surface area contributed by atoms with Gasteiger partial charge < -0.3 is 15.8 Å².